The first-order valence-corrected chi connectivity index (χ1v) is 11.7. The Morgan fingerprint density at radius 2 is 1.57 bits per heavy atom. The summed E-state index contributed by atoms with van der Waals surface area (Å²) in [6.45, 7) is 2.02. The minimum absolute atomic E-state index is 0.106. The molecule has 3 aromatic carbocycles. The van der Waals surface area contributed by atoms with Crippen molar-refractivity contribution in [2.24, 2.45) is 0 Å². The van der Waals surface area contributed by atoms with E-state index in [2.05, 4.69) is 5.32 Å². The van der Waals surface area contributed by atoms with E-state index in [-0.39, 0.29) is 18.5 Å². The van der Waals surface area contributed by atoms with Crippen LogP contribution in [-0.2, 0) is 16.6 Å². The largest absolute Gasteiger partial charge is 0.346 e. The van der Waals surface area contributed by atoms with Crippen molar-refractivity contribution >= 4 is 33.2 Å². The molecule has 0 aliphatic carbocycles. The van der Waals surface area contributed by atoms with E-state index < -0.39 is 10.0 Å². The van der Waals surface area contributed by atoms with Gasteiger partial charge in [0.25, 0.3) is 5.91 Å². The molecule has 0 aromatic heterocycles. The summed E-state index contributed by atoms with van der Waals surface area (Å²) < 4.78 is 26.0. The molecule has 0 radical (unpaired) electrons. The minimum Gasteiger partial charge on any atom is -0.346 e. The summed E-state index contributed by atoms with van der Waals surface area (Å²) in [6, 6.07) is 23.1. The number of anilines is 1. The fourth-order valence-electron chi connectivity index (χ4n) is 3.07. The van der Waals surface area contributed by atoms with E-state index in [4.69, 9.17) is 11.6 Å². The van der Waals surface area contributed by atoms with Gasteiger partial charge in [-0.05, 0) is 48.4 Å². The van der Waals surface area contributed by atoms with Crippen molar-refractivity contribution in [2.45, 2.75) is 19.5 Å². The molecule has 0 aliphatic heterocycles. The van der Waals surface area contributed by atoms with E-state index in [1.165, 1.54) is 4.31 Å². The molecular formula is C23H23ClN2O3S. The zero-order valence-electron chi connectivity index (χ0n) is 16.7. The SMILES string of the molecule is C[C@H](NC(=O)c1ccc(N(Cc2ccccc2Cl)S(C)(=O)=O)cc1)c1ccccc1. The average Bonchev–Trinajstić information content (AvgIpc) is 2.73. The highest BCUT2D eigenvalue weighted by molar-refractivity contribution is 7.92. The van der Waals surface area contributed by atoms with Gasteiger partial charge in [-0.2, -0.15) is 0 Å². The lowest BCUT2D eigenvalue weighted by Crippen LogP contribution is -2.30. The van der Waals surface area contributed by atoms with Crippen LogP contribution in [0.5, 0.6) is 0 Å². The Morgan fingerprint density at radius 1 is 0.967 bits per heavy atom. The van der Waals surface area contributed by atoms with Gasteiger partial charge in [0, 0.05) is 10.6 Å². The molecule has 5 nitrogen and oxygen atoms in total. The van der Waals surface area contributed by atoms with E-state index in [1.807, 2.05) is 43.3 Å². The fourth-order valence-corrected chi connectivity index (χ4v) is 4.14. The fraction of sp³-hybridized carbons (Fsp3) is 0.174. The number of nitrogens with zero attached hydrogens (tertiary/aromatic N) is 1. The van der Waals surface area contributed by atoms with Crippen molar-refractivity contribution in [2.75, 3.05) is 10.6 Å². The first-order chi connectivity index (χ1) is 14.3. The second-order valence-electron chi connectivity index (χ2n) is 7.01. The van der Waals surface area contributed by atoms with Crippen LogP contribution in [0.25, 0.3) is 0 Å². The predicted octanol–water partition coefficient (Wildman–Crippen LogP) is 4.80. The molecule has 0 fully saturated rings. The number of benzene rings is 3. The highest BCUT2D eigenvalue weighted by Crippen LogP contribution is 2.24. The Bertz CT molecular complexity index is 1120. The Kier molecular flexibility index (Phi) is 6.80. The van der Waals surface area contributed by atoms with Crippen LogP contribution in [0.15, 0.2) is 78.9 Å². The Balaban J connectivity index is 1.78. The molecule has 30 heavy (non-hydrogen) atoms. The second kappa shape index (κ2) is 9.32. The molecule has 0 bridgehead atoms. The van der Waals surface area contributed by atoms with E-state index in [9.17, 15) is 13.2 Å². The van der Waals surface area contributed by atoms with Crippen molar-refractivity contribution in [3.05, 3.63) is 101 Å². The minimum atomic E-state index is -3.55. The number of carbonyl (C=O) groups excluding carboxylic acids is 1. The standard InChI is InChI=1S/C23H23ClN2O3S/c1-17(18-8-4-3-5-9-18)25-23(27)19-12-14-21(15-13-19)26(30(2,28)29)16-20-10-6-7-11-22(20)24/h3-15,17H,16H2,1-2H3,(H,25,27)/t17-/m0/s1. The molecule has 0 aliphatic rings. The lowest BCUT2D eigenvalue weighted by atomic mass is 10.1. The van der Waals surface area contributed by atoms with Crippen LogP contribution in [-0.4, -0.2) is 20.6 Å². The van der Waals surface area contributed by atoms with Gasteiger partial charge >= 0.3 is 0 Å². The molecule has 156 valence electrons. The van der Waals surface area contributed by atoms with Gasteiger partial charge in [0.2, 0.25) is 10.0 Å². The zero-order valence-corrected chi connectivity index (χ0v) is 18.3. The van der Waals surface area contributed by atoms with E-state index in [0.29, 0.717) is 21.8 Å². The third-order valence-electron chi connectivity index (χ3n) is 4.74. The smallest absolute Gasteiger partial charge is 0.251 e. The lowest BCUT2D eigenvalue weighted by molar-refractivity contribution is 0.0940. The quantitative estimate of drug-likeness (QED) is 0.571. The Labute approximate surface area is 182 Å². The molecule has 7 heteroatoms. The van der Waals surface area contributed by atoms with E-state index >= 15 is 0 Å². The molecule has 0 unspecified atom stereocenters. The zero-order chi connectivity index (χ0) is 21.7. The monoisotopic (exact) mass is 442 g/mol. The molecule has 0 heterocycles. The topological polar surface area (TPSA) is 66.5 Å². The average molecular weight is 443 g/mol. The normalized spacial score (nSPS) is 12.2. The van der Waals surface area contributed by atoms with Crippen molar-refractivity contribution < 1.29 is 13.2 Å². The number of nitrogens with one attached hydrogen (secondary N) is 1. The van der Waals surface area contributed by atoms with Crippen LogP contribution in [0.4, 0.5) is 5.69 Å². The van der Waals surface area contributed by atoms with Crippen LogP contribution >= 0.6 is 11.6 Å². The van der Waals surface area contributed by atoms with Gasteiger partial charge < -0.3 is 5.32 Å². The number of amides is 1. The predicted molar refractivity (Wildman–Crippen MR) is 121 cm³/mol. The van der Waals surface area contributed by atoms with E-state index in [0.717, 1.165) is 11.8 Å². The molecule has 1 atom stereocenters. The third kappa shape index (κ3) is 5.40. The second-order valence-corrected chi connectivity index (χ2v) is 9.33. The summed E-state index contributed by atoms with van der Waals surface area (Å²) >= 11 is 6.20. The summed E-state index contributed by atoms with van der Waals surface area (Å²) in [5, 5.41) is 3.45. The number of carbonyl (C=O) groups is 1. The van der Waals surface area contributed by atoms with Crippen LogP contribution < -0.4 is 9.62 Å². The summed E-state index contributed by atoms with van der Waals surface area (Å²) in [5.41, 5.74) is 2.62. The molecule has 1 N–H and O–H groups in total. The molecule has 1 amide bonds. The number of halogens is 1. The van der Waals surface area contributed by atoms with Gasteiger partial charge in [-0.25, -0.2) is 8.42 Å². The van der Waals surface area contributed by atoms with Crippen LogP contribution in [0.3, 0.4) is 0 Å². The van der Waals surface area contributed by atoms with Gasteiger partial charge in [-0.15, -0.1) is 0 Å². The molecule has 0 saturated heterocycles. The number of rotatable bonds is 7. The summed E-state index contributed by atoms with van der Waals surface area (Å²) in [4.78, 5) is 12.6. The van der Waals surface area contributed by atoms with Crippen molar-refractivity contribution in [3.8, 4) is 0 Å². The maximum atomic E-state index is 12.6. The van der Waals surface area contributed by atoms with Crippen molar-refractivity contribution in [1.82, 2.24) is 5.32 Å². The number of hydrogen-bond donors (Lipinski definition) is 1. The lowest BCUT2D eigenvalue weighted by Gasteiger charge is -2.23. The first kappa shape index (κ1) is 21.9. The molecule has 0 spiro atoms. The number of sulfonamides is 1. The first-order valence-electron chi connectivity index (χ1n) is 9.42. The highest BCUT2D eigenvalue weighted by Gasteiger charge is 2.20. The summed E-state index contributed by atoms with van der Waals surface area (Å²) in [6.07, 6.45) is 1.14. The van der Waals surface area contributed by atoms with Crippen LogP contribution in [0.2, 0.25) is 5.02 Å². The maximum Gasteiger partial charge on any atom is 0.251 e. The van der Waals surface area contributed by atoms with Crippen molar-refractivity contribution in [1.29, 1.82) is 0 Å². The van der Waals surface area contributed by atoms with Gasteiger partial charge in [0.15, 0.2) is 0 Å². The molecule has 3 rings (SSSR count). The molecule has 3 aromatic rings. The molecule has 0 saturated carbocycles. The van der Waals surface area contributed by atoms with Crippen molar-refractivity contribution in [3.63, 3.8) is 0 Å². The van der Waals surface area contributed by atoms with Gasteiger partial charge in [-0.1, -0.05) is 60.1 Å². The van der Waals surface area contributed by atoms with Crippen LogP contribution in [0.1, 0.15) is 34.5 Å². The summed E-state index contributed by atoms with van der Waals surface area (Å²) in [5.74, 6) is -0.227. The van der Waals surface area contributed by atoms with Gasteiger partial charge in [0.1, 0.15) is 0 Å². The summed E-state index contributed by atoms with van der Waals surface area (Å²) in [7, 11) is -3.55. The van der Waals surface area contributed by atoms with Gasteiger partial charge in [-0.3, -0.25) is 9.10 Å². The van der Waals surface area contributed by atoms with Crippen LogP contribution in [0, 0.1) is 0 Å². The Hall–Kier alpha value is -2.83. The molecular weight excluding hydrogens is 420 g/mol. The highest BCUT2D eigenvalue weighted by atomic mass is 35.5. The van der Waals surface area contributed by atoms with Gasteiger partial charge in [0.05, 0.1) is 24.5 Å². The third-order valence-corrected chi connectivity index (χ3v) is 6.25. The van der Waals surface area contributed by atoms with E-state index in [1.54, 1.807) is 42.5 Å². The Morgan fingerprint density at radius 3 is 2.17 bits per heavy atom. The maximum absolute atomic E-state index is 12.6. The number of hydrogen-bond acceptors (Lipinski definition) is 3.